The number of hydrogen-bond acceptors (Lipinski definition) is 6. The standard InChI is InChI=1S/C14H25N5O/c1-4-20-14-18-12(15-3)17-13(19-14)16-11-7-5-6-10(2)8-9-11/h10-11H,4-9H2,1-3H3,(H2,15,16,17,18,19). The van der Waals surface area contributed by atoms with Gasteiger partial charge in [-0.15, -0.1) is 0 Å². The summed E-state index contributed by atoms with van der Waals surface area (Å²) in [6, 6.07) is 0.817. The first-order chi connectivity index (χ1) is 9.71. The molecule has 0 saturated heterocycles. The lowest BCUT2D eigenvalue weighted by Gasteiger charge is -2.17. The van der Waals surface area contributed by atoms with Crippen molar-refractivity contribution in [3.8, 4) is 6.01 Å². The second kappa shape index (κ2) is 7.26. The summed E-state index contributed by atoms with van der Waals surface area (Å²) >= 11 is 0. The van der Waals surface area contributed by atoms with E-state index in [9.17, 15) is 0 Å². The second-order valence-corrected chi connectivity index (χ2v) is 5.40. The van der Waals surface area contributed by atoms with Crippen LogP contribution < -0.4 is 15.4 Å². The SMILES string of the molecule is CCOc1nc(NC)nc(NC2CCCC(C)CC2)n1. The van der Waals surface area contributed by atoms with E-state index in [1.165, 1.54) is 32.1 Å². The fourth-order valence-corrected chi connectivity index (χ4v) is 2.54. The quantitative estimate of drug-likeness (QED) is 0.807. The zero-order valence-corrected chi connectivity index (χ0v) is 12.6. The summed E-state index contributed by atoms with van der Waals surface area (Å²) in [6.07, 6.45) is 6.20. The van der Waals surface area contributed by atoms with Crippen molar-refractivity contribution in [3.05, 3.63) is 0 Å². The maximum absolute atomic E-state index is 5.38. The van der Waals surface area contributed by atoms with Crippen molar-refractivity contribution in [1.29, 1.82) is 0 Å². The molecule has 0 radical (unpaired) electrons. The Balaban J connectivity index is 2.05. The van der Waals surface area contributed by atoms with Gasteiger partial charge in [0.1, 0.15) is 0 Å². The molecule has 1 saturated carbocycles. The van der Waals surface area contributed by atoms with Gasteiger partial charge in [-0.25, -0.2) is 0 Å². The summed E-state index contributed by atoms with van der Waals surface area (Å²) in [5.74, 6) is 1.97. The first-order valence-electron chi connectivity index (χ1n) is 7.54. The van der Waals surface area contributed by atoms with E-state index >= 15 is 0 Å². The Morgan fingerprint density at radius 1 is 1.10 bits per heavy atom. The molecule has 1 aromatic rings. The molecule has 2 N–H and O–H groups in total. The predicted molar refractivity (Wildman–Crippen MR) is 80.2 cm³/mol. The summed E-state index contributed by atoms with van der Waals surface area (Å²) in [5, 5.41) is 6.37. The molecule has 0 bridgehead atoms. The van der Waals surface area contributed by atoms with E-state index in [2.05, 4.69) is 32.5 Å². The van der Waals surface area contributed by atoms with Gasteiger partial charge in [0, 0.05) is 13.1 Å². The van der Waals surface area contributed by atoms with E-state index in [0.717, 1.165) is 5.92 Å². The van der Waals surface area contributed by atoms with Crippen molar-refractivity contribution in [2.24, 2.45) is 5.92 Å². The number of nitrogens with one attached hydrogen (secondary N) is 2. The molecule has 2 atom stereocenters. The van der Waals surface area contributed by atoms with Gasteiger partial charge in [0.15, 0.2) is 0 Å². The molecule has 1 aliphatic carbocycles. The number of ether oxygens (including phenoxy) is 1. The Kier molecular flexibility index (Phi) is 5.38. The zero-order valence-electron chi connectivity index (χ0n) is 12.6. The van der Waals surface area contributed by atoms with Gasteiger partial charge >= 0.3 is 6.01 Å². The number of rotatable bonds is 5. The van der Waals surface area contributed by atoms with Gasteiger partial charge in [0.25, 0.3) is 0 Å². The Hall–Kier alpha value is -1.59. The van der Waals surface area contributed by atoms with Crippen LogP contribution in [0.3, 0.4) is 0 Å². The maximum atomic E-state index is 5.38. The van der Waals surface area contributed by atoms with Crippen LogP contribution in [0.4, 0.5) is 11.9 Å². The molecule has 6 heteroatoms. The van der Waals surface area contributed by atoms with Crippen molar-refractivity contribution in [2.75, 3.05) is 24.3 Å². The first kappa shape index (κ1) is 14.8. The van der Waals surface area contributed by atoms with E-state index in [-0.39, 0.29) is 0 Å². The Morgan fingerprint density at radius 2 is 1.90 bits per heavy atom. The van der Waals surface area contributed by atoms with Crippen molar-refractivity contribution < 1.29 is 4.74 Å². The lowest BCUT2D eigenvalue weighted by molar-refractivity contribution is 0.312. The van der Waals surface area contributed by atoms with Gasteiger partial charge in [0.2, 0.25) is 11.9 Å². The van der Waals surface area contributed by atoms with Gasteiger partial charge in [-0.3, -0.25) is 0 Å². The Labute approximate surface area is 120 Å². The van der Waals surface area contributed by atoms with Gasteiger partial charge in [-0.05, 0) is 32.1 Å². The molecule has 1 aliphatic rings. The highest BCUT2D eigenvalue weighted by Crippen LogP contribution is 2.24. The molecule has 0 amide bonds. The van der Waals surface area contributed by atoms with E-state index < -0.39 is 0 Å². The van der Waals surface area contributed by atoms with Crippen molar-refractivity contribution in [3.63, 3.8) is 0 Å². The first-order valence-corrected chi connectivity index (χ1v) is 7.54. The largest absolute Gasteiger partial charge is 0.464 e. The minimum atomic E-state index is 0.372. The van der Waals surface area contributed by atoms with E-state index in [1.54, 1.807) is 7.05 Å². The van der Waals surface area contributed by atoms with Crippen LogP contribution in [0.2, 0.25) is 0 Å². The van der Waals surface area contributed by atoms with Crippen LogP contribution in [0.1, 0.15) is 46.0 Å². The van der Waals surface area contributed by atoms with Gasteiger partial charge in [-0.1, -0.05) is 19.8 Å². The molecule has 0 aromatic carbocycles. The lowest BCUT2D eigenvalue weighted by Crippen LogP contribution is -2.21. The van der Waals surface area contributed by atoms with Gasteiger partial charge < -0.3 is 15.4 Å². The highest BCUT2D eigenvalue weighted by molar-refractivity contribution is 5.36. The molecule has 0 spiro atoms. The van der Waals surface area contributed by atoms with Crippen molar-refractivity contribution in [2.45, 2.75) is 52.0 Å². The smallest absolute Gasteiger partial charge is 0.323 e. The summed E-state index contributed by atoms with van der Waals surface area (Å²) in [7, 11) is 1.79. The summed E-state index contributed by atoms with van der Waals surface area (Å²) in [5.41, 5.74) is 0. The average Bonchev–Trinajstić information content (AvgIpc) is 2.64. The summed E-state index contributed by atoms with van der Waals surface area (Å²) in [6.45, 7) is 4.80. The molecule has 2 unspecified atom stereocenters. The number of anilines is 2. The van der Waals surface area contributed by atoms with Crippen LogP contribution in [0, 0.1) is 5.92 Å². The number of nitrogens with zero attached hydrogens (tertiary/aromatic N) is 3. The lowest BCUT2D eigenvalue weighted by atomic mass is 10.0. The minimum absolute atomic E-state index is 0.372. The Bertz CT molecular complexity index is 426. The van der Waals surface area contributed by atoms with E-state index in [4.69, 9.17) is 4.74 Å². The molecule has 1 heterocycles. The zero-order chi connectivity index (χ0) is 14.4. The Morgan fingerprint density at radius 3 is 2.65 bits per heavy atom. The summed E-state index contributed by atoms with van der Waals surface area (Å²) in [4.78, 5) is 12.8. The third-order valence-corrected chi connectivity index (χ3v) is 3.70. The van der Waals surface area contributed by atoms with Gasteiger partial charge in [0.05, 0.1) is 6.61 Å². The van der Waals surface area contributed by atoms with Crippen LogP contribution >= 0.6 is 0 Å². The summed E-state index contributed by atoms with van der Waals surface area (Å²) < 4.78 is 5.38. The molecule has 20 heavy (non-hydrogen) atoms. The van der Waals surface area contributed by atoms with Crippen LogP contribution in [-0.2, 0) is 0 Å². The molecule has 1 aromatic heterocycles. The highest BCUT2D eigenvalue weighted by atomic mass is 16.5. The molecule has 6 nitrogen and oxygen atoms in total. The van der Waals surface area contributed by atoms with Crippen LogP contribution in [0.25, 0.3) is 0 Å². The molecular weight excluding hydrogens is 254 g/mol. The molecule has 112 valence electrons. The number of aromatic nitrogens is 3. The fourth-order valence-electron chi connectivity index (χ4n) is 2.54. The molecule has 2 rings (SSSR count). The maximum Gasteiger partial charge on any atom is 0.323 e. The van der Waals surface area contributed by atoms with Crippen LogP contribution in [0.15, 0.2) is 0 Å². The van der Waals surface area contributed by atoms with Crippen molar-refractivity contribution >= 4 is 11.9 Å². The normalized spacial score (nSPS) is 22.9. The molecular formula is C14H25N5O. The topological polar surface area (TPSA) is 72.0 Å². The van der Waals surface area contributed by atoms with E-state index in [0.29, 0.717) is 30.6 Å². The third-order valence-electron chi connectivity index (χ3n) is 3.70. The van der Waals surface area contributed by atoms with Crippen LogP contribution in [0.5, 0.6) is 6.01 Å². The highest BCUT2D eigenvalue weighted by Gasteiger charge is 2.17. The van der Waals surface area contributed by atoms with Crippen molar-refractivity contribution in [1.82, 2.24) is 15.0 Å². The monoisotopic (exact) mass is 279 g/mol. The predicted octanol–water partition coefficient (Wildman–Crippen LogP) is 2.69. The minimum Gasteiger partial charge on any atom is -0.464 e. The average molecular weight is 279 g/mol. The molecule has 0 aliphatic heterocycles. The van der Waals surface area contributed by atoms with Crippen LogP contribution in [-0.4, -0.2) is 34.6 Å². The van der Waals surface area contributed by atoms with E-state index in [1.807, 2.05) is 6.92 Å². The van der Waals surface area contributed by atoms with Gasteiger partial charge in [-0.2, -0.15) is 15.0 Å². The third kappa shape index (κ3) is 4.21. The number of hydrogen-bond donors (Lipinski definition) is 2. The fraction of sp³-hybridized carbons (Fsp3) is 0.786. The second-order valence-electron chi connectivity index (χ2n) is 5.40. The molecule has 1 fully saturated rings.